The maximum Gasteiger partial charge on any atom is 0.261 e. The van der Waals surface area contributed by atoms with Crippen LogP contribution in [0.4, 0.5) is 11.4 Å². The van der Waals surface area contributed by atoms with Crippen LogP contribution in [0.1, 0.15) is 17.7 Å². The zero-order valence-electron chi connectivity index (χ0n) is 15.0. The van der Waals surface area contributed by atoms with Gasteiger partial charge < -0.3 is 9.84 Å². The maximum atomic E-state index is 12.5. The second kappa shape index (κ2) is 8.45. The van der Waals surface area contributed by atoms with Gasteiger partial charge in [0.25, 0.3) is 10.0 Å². The minimum atomic E-state index is -3.77. The maximum absolute atomic E-state index is 12.5. The third-order valence-corrected chi connectivity index (χ3v) is 5.72. The summed E-state index contributed by atoms with van der Waals surface area (Å²) in [5, 5.41) is 6.64. The van der Waals surface area contributed by atoms with Crippen molar-refractivity contribution in [3.8, 4) is 0 Å². The highest BCUT2D eigenvalue weighted by atomic mass is 35.5. The topological polar surface area (TPSA) is 101 Å². The van der Waals surface area contributed by atoms with Gasteiger partial charge in [0, 0.05) is 12.0 Å². The Balaban J connectivity index is 1.71. The molecule has 0 atom stereocenters. The Hall–Kier alpha value is -2.84. The number of rotatable bonds is 7. The van der Waals surface area contributed by atoms with E-state index in [4.69, 9.17) is 16.1 Å². The fourth-order valence-electron chi connectivity index (χ4n) is 2.58. The van der Waals surface area contributed by atoms with Crippen LogP contribution >= 0.6 is 11.6 Å². The van der Waals surface area contributed by atoms with Crippen LogP contribution in [0.25, 0.3) is 0 Å². The lowest BCUT2D eigenvalue weighted by Gasteiger charge is -2.13. The van der Waals surface area contributed by atoms with Crippen molar-refractivity contribution < 1.29 is 17.7 Å². The number of nitrogens with zero attached hydrogens (tertiary/aromatic N) is 1. The molecule has 3 rings (SSSR count). The Bertz CT molecular complexity index is 1060. The van der Waals surface area contributed by atoms with Crippen LogP contribution in [0.5, 0.6) is 0 Å². The quantitative estimate of drug-likeness (QED) is 0.602. The number of aromatic nitrogens is 1. The molecule has 2 aromatic carbocycles. The SMILES string of the molecule is Cc1noc(Cl)c1CCC(=O)Nc1ccccc1NS(=O)(=O)c1ccccc1. The van der Waals surface area contributed by atoms with Crippen molar-refractivity contribution in [1.29, 1.82) is 0 Å². The van der Waals surface area contributed by atoms with Gasteiger partial charge >= 0.3 is 0 Å². The first kappa shape index (κ1) is 19.9. The van der Waals surface area contributed by atoms with Crippen LogP contribution in [0.3, 0.4) is 0 Å². The number of anilines is 2. The number of para-hydroxylation sites is 2. The molecule has 146 valence electrons. The molecule has 0 fully saturated rings. The largest absolute Gasteiger partial charge is 0.344 e. The number of nitrogens with one attached hydrogen (secondary N) is 2. The molecule has 1 aromatic heterocycles. The third kappa shape index (κ3) is 4.71. The van der Waals surface area contributed by atoms with Crippen molar-refractivity contribution in [1.82, 2.24) is 5.16 Å². The van der Waals surface area contributed by atoms with Gasteiger partial charge in [-0.3, -0.25) is 9.52 Å². The molecule has 0 saturated carbocycles. The summed E-state index contributed by atoms with van der Waals surface area (Å²) in [6.45, 7) is 1.75. The smallest absolute Gasteiger partial charge is 0.261 e. The Morgan fingerprint density at radius 1 is 1.07 bits per heavy atom. The summed E-state index contributed by atoms with van der Waals surface area (Å²) < 4.78 is 32.5. The summed E-state index contributed by atoms with van der Waals surface area (Å²) in [6, 6.07) is 14.6. The molecule has 0 aliphatic heterocycles. The lowest BCUT2D eigenvalue weighted by atomic mass is 10.1. The molecule has 0 unspecified atom stereocenters. The summed E-state index contributed by atoms with van der Waals surface area (Å²) in [5.74, 6) is -0.289. The number of sulfonamides is 1. The summed E-state index contributed by atoms with van der Waals surface area (Å²) in [6.07, 6.45) is 0.499. The molecule has 0 aliphatic rings. The lowest BCUT2D eigenvalue weighted by Crippen LogP contribution is -2.17. The molecule has 7 nitrogen and oxygen atoms in total. The first-order valence-corrected chi connectivity index (χ1v) is 10.3. The second-order valence-corrected chi connectivity index (χ2v) is 8.06. The second-order valence-electron chi connectivity index (χ2n) is 6.03. The number of hydrogen-bond acceptors (Lipinski definition) is 5. The van der Waals surface area contributed by atoms with Gasteiger partial charge in [-0.2, -0.15) is 0 Å². The highest BCUT2D eigenvalue weighted by Gasteiger charge is 2.17. The van der Waals surface area contributed by atoms with Gasteiger partial charge in [-0.1, -0.05) is 35.5 Å². The van der Waals surface area contributed by atoms with Crippen LogP contribution in [-0.2, 0) is 21.2 Å². The van der Waals surface area contributed by atoms with Crippen molar-refractivity contribution in [3.63, 3.8) is 0 Å². The summed E-state index contributed by atoms with van der Waals surface area (Å²) in [4.78, 5) is 12.5. The normalized spacial score (nSPS) is 11.2. The van der Waals surface area contributed by atoms with Gasteiger partial charge in [-0.05, 0) is 49.2 Å². The molecule has 0 saturated heterocycles. The molecule has 2 N–H and O–H groups in total. The monoisotopic (exact) mass is 419 g/mol. The summed E-state index contributed by atoms with van der Waals surface area (Å²) in [7, 11) is -3.77. The van der Waals surface area contributed by atoms with E-state index in [2.05, 4.69) is 15.2 Å². The number of carbonyl (C=O) groups is 1. The average Bonchev–Trinajstić information content (AvgIpc) is 3.00. The van der Waals surface area contributed by atoms with Gasteiger partial charge in [-0.15, -0.1) is 0 Å². The fraction of sp³-hybridized carbons (Fsp3) is 0.158. The van der Waals surface area contributed by atoms with Crippen LogP contribution in [0.2, 0.25) is 5.22 Å². The van der Waals surface area contributed by atoms with Gasteiger partial charge in [-0.25, -0.2) is 8.42 Å². The van der Waals surface area contributed by atoms with Gasteiger partial charge in [0.1, 0.15) is 0 Å². The van der Waals surface area contributed by atoms with Gasteiger partial charge in [0.05, 0.1) is 22.0 Å². The molecule has 1 heterocycles. The zero-order valence-corrected chi connectivity index (χ0v) is 16.5. The van der Waals surface area contributed by atoms with E-state index in [-0.39, 0.29) is 28.1 Å². The fourth-order valence-corrected chi connectivity index (χ4v) is 3.94. The van der Waals surface area contributed by atoms with E-state index < -0.39 is 10.0 Å². The van der Waals surface area contributed by atoms with Crippen LogP contribution in [0.15, 0.2) is 64.0 Å². The Kier molecular flexibility index (Phi) is 6.01. The standard InChI is InChI=1S/C19H18ClN3O4S/c1-13-15(19(20)27-22-13)11-12-18(24)21-16-9-5-6-10-17(16)23-28(25,26)14-7-3-2-4-8-14/h2-10,23H,11-12H2,1H3,(H,21,24). The van der Waals surface area contributed by atoms with E-state index in [0.717, 1.165) is 0 Å². The minimum absolute atomic E-state index is 0.133. The molecule has 0 bridgehead atoms. The number of carbonyl (C=O) groups excluding carboxylic acids is 1. The molecular weight excluding hydrogens is 402 g/mol. The summed E-state index contributed by atoms with van der Waals surface area (Å²) in [5.41, 5.74) is 1.95. The average molecular weight is 420 g/mol. The first-order chi connectivity index (χ1) is 13.4. The molecular formula is C19H18ClN3O4S. The van der Waals surface area contributed by atoms with Crippen LogP contribution in [-0.4, -0.2) is 19.5 Å². The molecule has 0 aliphatic carbocycles. The molecule has 3 aromatic rings. The van der Waals surface area contributed by atoms with E-state index in [1.807, 2.05) is 0 Å². The highest BCUT2D eigenvalue weighted by molar-refractivity contribution is 7.92. The van der Waals surface area contributed by atoms with E-state index in [1.54, 1.807) is 49.4 Å². The number of amides is 1. The third-order valence-electron chi connectivity index (χ3n) is 4.04. The predicted molar refractivity (Wildman–Crippen MR) is 107 cm³/mol. The summed E-state index contributed by atoms with van der Waals surface area (Å²) >= 11 is 5.91. The molecule has 28 heavy (non-hydrogen) atoms. The number of benzene rings is 2. The van der Waals surface area contributed by atoms with Crippen molar-refractivity contribution in [2.45, 2.75) is 24.7 Å². The van der Waals surface area contributed by atoms with E-state index in [1.165, 1.54) is 12.1 Å². The molecule has 1 amide bonds. The Morgan fingerprint density at radius 3 is 2.36 bits per heavy atom. The van der Waals surface area contributed by atoms with Crippen molar-refractivity contribution in [3.05, 3.63) is 71.1 Å². The van der Waals surface area contributed by atoms with E-state index in [9.17, 15) is 13.2 Å². The Morgan fingerprint density at radius 2 is 1.71 bits per heavy atom. The zero-order chi connectivity index (χ0) is 20.1. The highest BCUT2D eigenvalue weighted by Crippen LogP contribution is 2.25. The number of aryl methyl sites for hydroxylation is 1. The number of halogens is 1. The van der Waals surface area contributed by atoms with E-state index in [0.29, 0.717) is 23.4 Å². The Labute approximate surface area is 167 Å². The molecule has 0 spiro atoms. The van der Waals surface area contributed by atoms with Crippen molar-refractivity contribution >= 4 is 38.9 Å². The number of hydrogen-bond donors (Lipinski definition) is 2. The van der Waals surface area contributed by atoms with E-state index >= 15 is 0 Å². The van der Waals surface area contributed by atoms with Crippen molar-refractivity contribution in [2.24, 2.45) is 0 Å². The first-order valence-electron chi connectivity index (χ1n) is 8.44. The van der Waals surface area contributed by atoms with Crippen LogP contribution in [0, 0.1) is 6.92 Å². The van der Waals surface area contributed by atoms with Gasteiger partial charge in [0.15, 0.2) is 0 Å². The van der Waals surface area contributed by atoms with Gasteiger partial charge in [0.2, 0.25) is 11.1 Å². The molecule has 9 heteroatoms. The minimum Gasteiger partial charge on any atom is -0.344 e. The molecule has 0 radical (unpaired) electrons. The van der Waals surface area contributed by atoms with Crippen molar-refractivity contribution in [2.75, 3.05) is 10.0 Å². The lowest BCUT2D eigenvalue weighted by molar-refractivity contribution is -0.116. The predicted octanol–water partition coefficient (Wildman–Crippen LogP) is 4.01. The van der Waals surface area contributed by atoms with Crippen LogP contribution < -0.4 is 10.0 Å².